The molecule has 0 amide bonds. The van der Waals surface area contributed by atoms with Gasteiger partial charge in [0.05, 0.1) is 20.3 Å². The van der Waals surface area contributed by atoms with Crippen LogP contribution in [0.3, 0.4) is 0 Å². The van der Waals surface area contributed by atoms with Gasteiger partial charge in [0.15, 0.2) is 17.8 Å². The molecule has 2 heterocycles. The Morgan fingerprint density at radius 3 is 2.56 bits per heavy atom. The zero-order valence-electron chi connectivity index (χ0n) is 14.4. The number of benzene rings is 1. The number of ether oxygens (including phenoxy) is 4. The van der Waals surface area contributed by atoms with Crippen molar-refractivity contribution >= 4 is 5.82 Å². The number of nitrogens with two attached hydrogens (primary N) is 1. The number of aromatic amines is 1. The molecule has 0 unspecified atom stereocenters. The van der Waals surface area contributed by atoms with Crippen LogP contribution in [0, 0.1) is 22.7 Å². The molecule has 2 aromatic rings. The Morgan fingerprint density at radius 2 is 1.93 bits per heavy atom. The highest BCUT2D eigenvalue weighted by molar-refractivity contribution is 5.81. The van der Waals surface area contributed by atoms with E-state index in [1.165, 1.54) is 7.11 Å². The minimum Gasteiger partial charge on any atom is -0.493 e. The number of hydrogen-bond acceptors (Lipinski definition) is 8. The molecule has 1 aliphatic heterocycles. The average Bonchev–Trinajstić information content (AvgIpc) is 3.19. The molecule has 0 bridgehead atoms. The molecule has 0 saturated carbocycles. The van der Waals surface area contributed by atoms with Crippen LogP contribution >= 0.6 is 0 Å². The van der Waals surface area contributed by atoms with Gasteiger partial charge in [-0.1, -0.05) is 6.07 Å². The first-order valence-corrected chi connectivity index (χ1v) is 7.99. The van der Waals surface area contributed by atoms with Crippen LogP contribution in [0.1, 0.15) is 11.1 Å². The third-order valence-corrected chi connectivity index (χ3v) is 3.99. The monoisotopic (exact) mass is 368 g/mol. The molecule has 3 rings (SSSR count). The third kappa shape index (κ3) is 3.55. The smallest absolute Gasteiger partial charge is 0.268 e. The molecule has 1 fully saturated rings. The van der Waals surface area contributed by atoms with E-state index >= 15 is 0 Å². The lowest BCUT2D eigenvalue weighted by Gasteiger charge is -2.16. The average molecular weight is 368 g/mol. The minimum atomic E-state index is -0.671. The second-order valence-corrected chi connectivity index (χ2v) is 5.56. The van der Waals surface area contributed by atoms with Crippen LogP contribution < -0.4 is 20.8 Å². The zero-order chi connectivity index (χ0) is 19.4. The van der Waals surface area contributed by atoms with Gasteiger partial charge in [-0.15, -0.1) is 0 Å². The zero-order valence-corrected chi connectivity index (χ0v) is 14.4. The van der Waals surface area contributed by atoms with E-state index in [2.05, 4.69) is 4.98 Å². The highest BCUT2D eigenvalue weighted by Gasteiger charge is 2.21. The van der Waals surface area contributed by atoms with E-state index in [4.69, 9.17) is 24.7 Å². The summed E-state index contributed by atoms with van der Waals surface area (Å²) >= 11 is 0. The van der Waals surface area contributed by atoms with Crippen molar-refractivity contribution in [3.63, 3.8) is 0 Å². The van der Waals surface area contributed by atoms with Gasteiger partial charge in [-0.25, -0.2) is 0 Å². The van der Waals surface area contributed by atoms with E-state index in [0.29, 0.717) is 30.3 Å². The number of nitrogens with one attached hydrogen (secondary N) is 1. The van der Waals surface area contributed by atoms with Gasteiger partial charge in [0.1, 0.15) is 35.7 Å². The number of nitrogens with zero attached hydrogens (tertiary/aromatic N) is 2. The molecule has 9 heteroatoms. The maximum atomic E-state index is 12.1. The Hall–Kier alpha value is -3.53. The van der Waals surface area contributed by atoms with E-state index in [-0.39, 0.29) is 29.1 Å². The fourth-order valence-corrected chi connectivity index (χ4v) is 2.74. The lowest BCUT2D eigenvalue weighted by atomic mass is 9.96. The first-order valence-electron chi connectivity index (χ1n) is 7.99. The fraction of sp³-hybridized carbons (Fsp3) is 0.278. The van der Waals surface area contributed by atoms with Gasteiger partial charge in [-0.2, -0.15) is 10.5 Å². The normalized spacial score (nSPS) is 13.7. The van der Waals surface area contributed by atoms with Crippen molar-refractivity contribution < 1.29 is 18.9 Å². The molecule has 27 heavy (non-hydrogen) atoms. The van der Waals surface area contributed by atoms with Crippen molar-refractivity contribution in [2.24, 2.45) is 0 Å². The summed E-state index contributed by atoms with van der Waals surface area (Å²) in [6.45, 7) is 1.12. The van der Waals surface area contributed by atoms with E-state index in [9.17, 15) is 15.3 Å². The Kier molecular flexibility index (Phi) is 5.27. The summed E-state index contributed by atoms with van der Waals surface area (Å²) < 4.78 is 21.7. The van der Waals surface area contributed by atoms with E-state index in [0.717, 1.165) is 0 Å². The van der Waals surface area contributed by atoms with Crippen LogP contribution in [0.5, 0.6) is 11.5 Å². The number of methoxy groups -OCH3 is 1. The first kappa shape index (κ1) is 18.3. The molecule has 0 spiro atoms. The van der Waals surface area contributed by atoms with Crippen molar-refractivity contribution in [1.29, 1.82) is 10.5 Å². The maximum absolute atomic E-state index is 12.1. The first-order chi connectivity index (χ1) is 13.1. The number of pyridine rings is 1. The van der Waals surface area contributed by atoms with Crippen LogP contribution in [0.25, 0.3) is 11.1 Å². The highest BCUT2D eigenvalue weighted by Crippen LogP contribution is 2.35. The van der Waals surface area contributed by atoms with Crippen LogP contribution in [0.15, 0.2) is 23.0 Å². The molecule has 9 nitrogen and oxygen atoms in total. The fourth-order valence-electron chi connectivity index (χ4n) is 2.74. The highest BCUT2D eigenvalue weighted by atomic mass is 16.7. The van der Waals surface area contributed by atoms with Crippen molar-refractivity contribution in [3.8, 4) is 34.8 Å². The summed E-state index contributed by atoms with van der Waals surface area (Å²) in [5.74, 6) is 0.676. The number of H-pyrrole nitrogens is 1. The minimum absolute atomic E-state index is 0.00438. The largest absolute Gasteiger partial charge is 0.493 e. The van der Waals surface area contributed by atoms with Gasteiger partial charge in [-0.05, 0) is 17.7 Å². The number of hydrogen-bond donors (Lipinski definition) is 2. The van der Waals surface area contributed by atoms with Gasteiger partial charge in [-0.3, -0.25) is 4.79 Å². The molecular formula is C18H16N4O5. The van der Waals surface area contributed by atoms with Crippen LogP contribution in [-0.2, 0) is 9.47 Å². The maximum Gasteiger partial charge on any atom is 0.268 e. The second kappa shape index (κ2) is 7.79. The summed E-state index contributed by atoms with van der Waals surface area (Å²) in [5, 5.41) is 18.8. The second-order valence-electron chi connectivity index (χ2n) is 5.56. The summed E-state index contributed by atoms with van der Waals surface area (Å²) in [6.07, 6.45) is -0.488. The summed E-state index contributed by atoms with van der Waals surface area (Å²) in [5.41, 5.74) is 5.44. The summed E-state index contributed by atoms with van der Waals surface area (Å²) in [6, 6.07) is 8.56. The molecule has 1 saturated heterocycles. The Balaban J connectivity index is 2.08. The lowest BCUT2D eigenvalue weighted by Crippen LogP contribution is -2.18. The third-order valence-electron chi connectivity index (χ3n) is 3.99. The molecule has 0 atom stereocenters. The van der Waals surface area contributed by atoms with Gasteiger partial charge in [0, 0.05) is 5.56 Å². The lowest BCUT2D eigenvalue weighted by molar-refractivity contribution is -0.0687. The van der Waals surface area contributed by atoms with Gasteiger partial charge < -0.3 is 29.7 Å². The number of anilines is 1. The van der Waals surface area contributed by atoms with Crippen LogP contribution in [-0.4, -0.2) is 38.2 Å². The molecule has 0 radical (unpaired) electrons. The summed E-state index contributed by atoms with van der Waals surface area (Å²) in [7, 11) is 1.48. The predicted molar refractivity (Wildman–Crippen MR) is 94.1 cm³/mol. The van der Waals surface area contributed by atoms with Gasteiger partial charge in [0.2, 0.25) is 0 Å². The van der Waals surface area contributed by atoms with Crippen molar-refractivity contribution in [2.45, 2.75) is 6.29 Å². The summed E-state index contributed by atoms with van der Waals surface area (Å²) in [4.78, 5) is 14.4. The molecule has 0 aliphatic carbocycles. The van der Waals surface area contributed by atoms with Crippen molar-refractivity contribution in [2.75, 3.05) is 32.7 Å². The standard InChI is InChI=1S/C18H16N4O5/c1-24-13-3-2-10(6-14(13)27-9-15-25-4-5-26-15)16-11(7-19)17(21)22-18(23)12(16)8-20/h2-3,6,15H,4-5,9H2,1H3,(H3,21,22,23). The van der Waals surface area contributed by atoms with Gasteiger partial charge in [0.25, 0.3) is 5.56 Å². The predicted octanol–water partition coefficient (Wildman–Crippen LogP) is 1.13. The molecule has 1 aromatic heterocycles. The van der Waals surface area contributed by atoms with Crippen LogP contribution in [0.4, 0.5) is 5.82 Å². The van der Waals surface area contributed by atoms with Crippen molar-refractivity contribution in [3.05, 3.63) is 39.7 Å². The number of nitrogen functional groups attached to an aromatic ring is 1. The number of rotatable bonds is 5. The Bertz CT molecular complexity index is 997. The quantitative estimate of drug-likeness (QED) is 0.799. The topological polar surface area (TPSA) is 143 Å². The molecule has 3 N–H and O–H groups in total. The van der Waals surface area contributed by atoms with Crippen molar-refractivity contribution in [1.82, 2.24) is 4.98 Å². The van der Waals surface area contributed by atoms with E-state index in [1.807, 2.05) is 12.1 Å². The molecular weight excluding hydrogens is 352 g/mol. The van der Waals surface area contributed by atoms with E-state index < -0.39 is 11.8 Å². The van der Waals surface area contributed by atoms with Gasteiger partial charge >= 0.3 is 0 Å². The Morgan fingerprint density at radius 1 is 1.22 bits per heavy atom. The number of aromatic nitrogens is 1. The molecule has 1 aromatic carbocycles. The Labute approximate surface area is 154 Å². The van der Waals surface area contributed by atoms with Crippen LogP contribution in [0.2, 0.25) is 0 Å². The number of nitriles is 2. The molecule has 1 aliphatic rings. The SMILES string of the molecule is COc1ccc(-c2c(C#N)c(N)[nH]c(=O)c2C#N)cc1OCC1OCCO1. The molecule has 138 valence electrons. The van der Waals surface area contributed by atoms with E-state index in [1.54, 1.807) is 18.2 Å².